The molecule has 1 aliphatic rings. The number of carbonyl (C=O) groups excluding carboxylic acids is 1. The molecule has 1 amide bonds. The Hall–Kier alpha value is -2.18. The molecule has 1 saturated heterocycles. The van der Waals surface area contributed by atoms with E-state index in [0.717, 1.165) is 17.0 Å². The predicted octanol–water partition coefficient (Wildman–Crippen LogP) is 1.93. The molecule has 0 saturated carbocycles. The summed E-state index contributed by atoms with van der Waals surface area (Å²) < 4.78 is 5.30. The largest absolute Gasteiger partial charge is 0.378 e. The van der Waals surface area contributed by atoms with Crippen LogP contribution in [0.3, 0.4) is 0 Å². The fourth-order valence-corrected chi connectivity index (χ4v) is 2.81. The molecule has 1 atom stereocenters. The Labute approximate surface area is 142 Å². The van der Waals surface area contributed by atoms with E-state index in [9.17, 15) is 4.79 Å². The van der Waals surface area contributed by atoms with E-state index in [1.54, 1.807) is 0 Å². The van der Waals surface area contributed by atoms with Gasteiger partial charge in [0.05, 0.1) is 31.1 Å². The first kappa shape index (κ1) is 16.7. The van der Waals surface area contributed by atoms with Crippen LogP contribution < -0.4 is 0 Å². The zero-order valence-corrected chi connectivity index (χ0v) is 14.2. The van der Waals surface area contributed by atoms with E-state index in [1.165, 1.54) is 0 Å². The lowest BCUT2D eigenvalue weighted by atomic mass is 10.1. The summed E-state index contributed by atoms with van der Waals surface area (Å²) in [5.41, 5.74) is 3.01. The van der Waals surface area contributed by atoms with E-state index in [4.69, 9.17) is 4.74 Å². The number of morpholine rings is 1. The Morgan fingerprint density at radius 3 is 2.75 bits per heavy atom. The fourth-order valence-electron chi connectivity index (χ4n) is 2.81. The quantitative estimate of drug-likeness (QED) is 0.911. The van der Waals surface area contributed by atoms with Gasteiger partial charge in [0, 0.05) is 24.7 Å². The number of hydrogen-bond acceptors (Lipinski definition) is 4. The van der Waals surface area contributed by atoms with Gasteiger partial charge in [0.15, 0.2) is 0 Å². The summed E-state index contributed by atoms with van der Waals surface area (Å²) in [6, 6.07) is 12.2. The lowest BCUT2D eigenvalue weighted by Crippen LogP contribution is -2.45. The van der Waals surface area contributed by atoms with Gasteiger partial charge in [-0.05, 0) is 20.0 Å². The summed E-state index contributed by atoms with van der Waals surface area (Å²) >= 11 is 0. The van der Waals surface area contributed by atoms with Gasteiger partial charge in [-0.3, -0.25) is 14.8 Å². The molecule has 1 fully saturated rings. The van der Waals surface area contributed by atoms with Crippen LogP contribution in [0, 0.1) is 0 Å². The first-order valence-electron chi connectivity index (χ1n) is 8.31. The number of aromatic amines is 1. The van der Waals surface area contributed by atoms with Crippen LogP contribution in [0.15, 0.2) is 36.4 Å². The number of H-pyrrole nitrogens is 1. The van der Waals surface area contributed by atoms with Gasteiger partial charge in [-0.15, -0.1) is 0 Å². The summed E-state index contributed by atoms with van der Waals surface area (Å²) in [6.07, 6.45) is 0. The Kier molecular flexibility index (Phi) is 5.27. The van der Waals surface area contributed by atoms with Crippen LogP contribution in [0.2, 0.25) is 0 Å². The third-order valence-electron chi connectivity index (χ3n) is 4.53. The van der Waals surface area contributed by atoms with Crippen LogP contribution in [-0.2, 0) is 9.53 Å². The molecule has 0 radical (unpaired) electrons. The van der Waals surface area contributed by atoms with Crippen LogP contribution in [-0.4, -0.2) is 65.8 Å². The molecule has 128 valence electrons. The first-order valence-corrected chi connectivity index (χ1v) is 8.31. The third kappa shape index (κ3) is 3.83. The maximum absolute atomic E-state index is 12.4. The van der Waals surface area contributed by atoms with Crippen molar-refractivity contribution in [2.75, 3.05) is 39.9 Å². The second-order valence-electron chi connectivity index (χ2n) is 6.16. The first-order chi connectivity index (χ1) is 11.6. The van der Waals surface area contributed by atoms with Crippen LogP contribution in [0.4, 0.5) is 0 Å². The number of nitrogens with zero attached hydrogens (tertiary/aromatic N) is 3. The van der Waals surface area contributed by atoms with Gasteiger partial charge in [-0.25, -0.2) is 0 Å². The number of nitrogens with one attached hydrogen (secondary N) is 1. The number of carbonyl (C=O) groups is 1. The minimum atomic E-state index is 0.0833. The number of hydrogen-bond donors (Lipinski definition) is 1. The topological polar surface area (TPSA) is 61.5 Å². The number of likely N-dealkylation sites (N-methyl/N-ethyl adjacent to an activating group) is 1. The molecule has 6 nitrogen and oxygen atoms in total. The molecule has 1 aromatic carbocycles. The highest BCUT2D eigenvalue weighted by molar-refractivity contribution is 5.78. The van der Waals surface area contributed by atoms with Gasteiger partial charge in [0.25, 0.3) is 0 Å². The second-order valence-corrected chi connectivity index (χ2v) is 6.16. The smallest absolute Gasteiger partial charge is 0.236 e. The summed E-state index contributed by atoms with van der Waals surface area (Å²) in [6.45, 7) is 5.10. The molecular formula is C18H24N4O2. The van der Waals surface area contributed by atoms with E-state index in [1.807, 2.05) is 47.2 Å². The Bertz CT molecular complexity index is 665. The van der Waals surface area contributed by atoms with Crippen molar-refractivity contribution in [2.45, 2.75) is 13.0 Å². The minimum absolute atomic E-state index is 0.0833. The minimum Gasteiger partial charge on any atom is -0.378 e. The van der Waals surface area contributed by atoms with Gasteiger partial charge in [-0.1, -0.05) is 30.3 Å². The van der Waals surface area contributed by atoms with Crippen molar-refractivity contribution in [3.63, 3.8) is 0 Å². The molecule has 6 heteroatoms. The van der Waals surface area contributed by atoms with Crippen molar-refractivity contribution >= 4 is 5.91 Å². The van der Waals surface area contributed by atoms with Crippen LogP contribution in [0.1, 0.15) is 18.7 Å². The van der Waals surface area contributed by atoms with Crippen molar-refractivity contribution in [1.82, 2.24) is 20.0 Å². The summed E-state index contributed by atoms with van der Waals surface area (Å²) in [5, 5.41) is 7.50. The van der Waals surface area contributed by atoms with E-state index >= 15 is 0 Å². The number of ether oxygens (including phenoxy) is 1. The molecule has 1 unspecified atom stereocenters. The van der Waals surface area contributed by atoms with Crippen molar-refractivity contribution < 1.29 is 9.53 Å². The van der Waals surface area contributed by atoms with Crippen molar-refractivity contribution in [2.24, 2.45) is 0 Å². The maximum Gasteiger partial charge on any atom is 0.236 e. The number of aromatic nitrogens is 2. The van der Waals surface area contributed by atoms with E-state index in [0.29, 0.717) is 32.8 Å². The molecule has 0 spiro atoms. The number of rotatable bonds is 5. The average molecular weight is 328 g/mol. The third-order valence-corrected chi connectivity index (χ3v) is 4.53. The van der Waals surface area contributed by atoms with Gasteiger partial charge in [-0.2, -0.15) is 5.10 Å². The van der Waals surface area contributed by atoms with E-state index in [2.05, 4.69) is 23.2 Å². The second kappa shape index (κ2) is 7.59. The maximum atomic E-state index is 12.4. The van der Waals surface area contributed by atoms with E-state index < -0.39 is 0 Å². The van der Waals surface area contributed by atoms with Crippen LogP contribution in [0.5, 0.6) is 0 Å². The number of amides is 1. The normalized spacial score (nSPS) is 16.4. The van der Waals surface area contributed by atoms with Crippen molar-refractivity contribution in [1.29, 1.82) is 0 Å². The molecule has 1 aliphatic heterocycles. The molecule has 2 aromatic rings. The van der Waals surface area contributed by atoms with Gasteiger partial charge in [0.1, 0.15) is 0 Å². The molecule has 0 aliphatic carbocycles. The van der Waals surface area contributed by atoms with E-state index in [-0.39, 0.29) is 11.9 Å². The highest BCUT2D eigenvalue weighted by Crippen LogP contribution is 2.22. The zero-order chi connectivity index (χ0) is 16.9. The van der Waals surface area contributed by atoms with Gasteiger partial charge in [0.2, 0.25) is 5.91 Å². The Morgan fingerprint density at radius 1 is 1.33 bits per heavy atom. The lowest BCUT2D eigenvalue weighted by Gasteiger charge is -2.30. The predicted molar refractivity (Wildman–Crippen MR) is 92.5 cm³/mol. The van der Waals surface area contributed by atoms with Crippen LogP contribution >= 0.6 is 0 Å². The molecule has 1 aromatic heterocycles. The zero-order valence-electron chi connectivity index (χ0n) is 14.2. The van der Waals surface area contributed by atoms with Crippen molar-refractivity contribution in [3.05, 3.63) is 42.1 Å². The summed E-state index contributed by atoms with van der Waals surface area (Å²) in [7, 11) is 1.96. The summed E-state index contributed by atoms with van der Waals surface area (Å²) in [5.74, 6) is 0.149. The molecule has 0 bridgehead atoms. The fraction of sp³-hybridized carbons (Fsp3) is 0.444. The van der Waals surface area contributed by atoms with Gasteiger partial charge >= 0.3 is 0 Å². The highest BCUT2D eigenvalue weighted by Gasteiger charge is 2.22. The highest BCUT2D eigenvalue weighted by atomic mass is 16.5. The van der Waals surface area contributed by atoms with Crippen LogP contribution in [0.25, 0.3) is 11.3 Å². The molecule has 3 rings (SSSR count). The lowest BCUT2D eigenvalue weighted by molar-refractivity contribution is -0.136. The Morgan fingerprint density at radius 2 is 2.04 bits per heavy atom. The average Bonchev–Trinajstić information content (AvgIpc) is 3.12. The standard InChI is InChI=1S/C18H24N4O2/c1-14(21(2)13-18(23)22-8-10-24-11-9-22)16-12-17(20-19-16)15-6-4-3-5-7-15/h3-7,12,14H,8-11,13H2,1-2H3,(H,19,20). The SMILES string of the molecule is CC(c1cc(-c2ccccc2)n[nH]1)N(C)CC(=O)N1CCOCC1. The van der Waals surface area contributed by atoms with Crippen molar-refractivity contribution in [3.8, 4) is 11.3 Å². The molecule has 24 heavy (non-hydrogen) atoms. The molecule has 1 N–H and O–H groups in total. The summed E-state index contributed by atoms with van der Waals surface area (Å²) in [4.78, 5) is 16.3. The Balaban J connectivity index is 1.62. The monoisotopic (exact) mass is 328 g/mol. The molecular weight excluding hydrogens is 304 g/mol. The van der Waals surface area contributed by atoms with Gasteiger partial charge < -0.3 is 9.64 Å². The number of benzene rings is 1. The molecule has 2 heterocycles.